The fraction of sp³-hybridized carbons (Fsp3) is 0.481. The summed E-state index contributed by atoms with van der Waals surface area (Å²) in [5.74, 6) is 0.370. The van der Waals surface area contributed by atoms with Crippen LogP contribution >= 0.6 is 23.2 Å². The molecule has 6 nitrogen and oxygen atoms in total. The van der Waals surface area contributed by atoms with E-state index in [1.165, 1.54) is 5.56 Å². The molecule has 2 aromatic rings. The van der Waals surface area contributed by atoms with Gasteiger partial charge in [-0.3, -0.25) is 9.69 Å². The first kappa shape index (κ1) is 24.4. The molecule has 2 atom stereocenters. The van der Waals surface area contributed by atoms with Crippen molar-refractivity contribution in [3.05, 3.63) is 61.9 Å². The Morgan fingerprint density at radius 2 is 1.86 bits per heavy atom. The molecule has 2 unspecified atom stereocenters. The van der Waals surface area contributed by atoms with Gasteiger partial charge < -0.3 is 14.2 Å². The van der Waals surface area contributed by atoms with E-state index in [1.54, 1.807) is 12.1 Å². The van der Waals surface area contributed by atoms with Crippen molar-refractivity contribution in [3.8, 4) is 6.07 Å². The van der Waals surface area contributed by atoms with E-state index in [1.807, 2.05) is 18.0 Å². The number of allylic oxidation sites excluding steroid dienone is 1. The Kier molecular flexibility index (Phi) is 6.71. The van der Waals surface area contributed by atoms with E-state index < -0.39 is 0 Å². The second-order valence-electron chi connectivity index (χ2n) is 9.91. The number of benzene rings is 1. The molecule has 3 aliphatic rings. The van der Waals surface area contributed by atoms with Gasteiger partial charge in [0.25, 0.3) is 5.91 Å². The van der Waals surface area contributed by atoms with Gasteiger partial charge in [-0.15, -0.1) is 0 Å². The number of carbonyl (C=O) groups is 1. The molecule has 1 aromatic carbocycles. The molecule has 0 N–H and O–H groups in total. The summed E-state index contributed by atoms with van der Waals surface area (Å²) in [5.41, 5.74) is 5.38. The first-order chi connectivity index (χ1) is 16.8. The summed E-state index contributed by atoms with van der Waals surface area (Å²) >= 11 is 13.4. The van der Waals surface area contributed by atoms with Gasteiger partial charge in [0.05, 0.1) is 35.9 Å². The number of hydrogen-bond acceptors (Lipinski definition) is 4. The smallest absolute Gasteiger partial charge is 0.255 e. The van der Waals surface area contributed by atoms with Gasteiger partial charge in [0.15, 0.2) is 0 Å². The molecule has 1 aliphatic carbocycles. The zero-order chi connectivity index (χ0) is 24.9. The van der Waals surface area contributed by atoms with E-state index in [4.69, 9.17) is 27.9 Å². The van der Waals surface area contributed by atoms with Crippen LogP contribution in [0.25, 0.3) is 6.08 Å². The van der Waals surface area contributed by atoms with Crippen LogP contribution in [0.5, 0.6) is 0 Å². The molecule has 2 fully saturated rings. The summed E-state index contributed by atoms with van der Waals surface area (Å²) in [4.78, 5) is 17.7. The highest BCUT2D eigenvalue weighted by Gasteiger charge is 2.32. The first-order valence-corrected chi connectivity index (χ1v) is 12.9. The molecule has 35 heavy (non-hydrogen) atoms. The Morgan fingerprint density at radius 1 is 1.14 bits per heavy atom. The Hall–Kier alpha value is -2.30. The van der Waals surface area contributed by atoms with E-state index in [9.17, 15) is 10.1 Å². The largest absolute Gasteiger partial charge is 0.378 e. The minimum atomic E-state index is -0.0485. The van der Waals surface area contributed by atoms with Gasteiger partial charge in [-0.2, -0.15) is 5.26 Å². The van der Waals surface area contributed by atoms with Gasteiger partial charge in [0.2, 0.25) is 0 Å². The van der Waals surface area contributed by atoms with Crippen LogP contribution in [-0.2, 0) is 18.2 Å². The van der Waals surface area contributed by atoms with E-state index in [0.717, 1.165) is 48.8 Å². The number of nitrogens with zero attached hydrogens (tertiary/aromatic N) is 4. The minimum Gasteiger partial charge on any atom is -0.378 e. The Balaban J connectivity index is 1.39. The molecule has 0 radical (unpaired) electrons. The molecule has 2 aliphatic heterocycles. The first-order valence-electron chi connectivity index (χ1n) is 12.2. The van der Waals surface area contributed by atoms with E-state index in [-0.39, 0.29) is 17.7 Å². The van der Waals surface area contributed by atoms with Crippen molar-refractivity contribution in [3.63, 3.8) is 0 Å². The summed E-state index contributed by atoms with van der Waals surface area (Å²) < 4.78 is 7.42. The normalized spacial score (nSPS) is 22.9. The van der Waals surface area contributed by atoms with E-state index >= 15 is 0 Å². The van der Waals surface area contributed by atoms with Crippen LogP contribution in [0.2, 0.25) is 10.0 Å². The fourth-order valence-electron chi connectivity index (χ4n) is 5.37. The lowest BCUT2D eigenvalue weighted by molar-refractivity contribution is -0.0746. The van der Waals surface area contributed by atoms with Crippen LogP contribution in [0, 0.1) is 17.2 Å². The molecule has 5 rings (SSSR count). The predicted octanol–water partition coefficient (Wildman–Crippen LogP) is 4.74. The lowest BCUT2D eigenvalue weighted by Gasteiger charge is -2.42. The summed E-state index contributed by atoms with van der Waals surface area (Å²) in [6.45, 7) is 8.88. The number of ether oxygens (including phenoxy) is 1. The number of fused-ring (bicyclic) bond motifs is 1. The second kappa shape index (κ2) is 9.63. The SMILES string of the molecule is CC1C(C#N)=Cc2c(cc(Cc3c(Cl)ccc(C(=O)N4CCN(C5COC5)CC4)c3Cl)n2C)C1C. The van der Waals surface area contributed by atoms with Crippen LogP contribution in [0.3, 0.4) is 0 Å². The Bertz CT molecular complexity index is 1230. The van der Waals surface area contributed by atoms with Gasteiger partial charge >= 0.3 is 0 Å². The Morgan fingerprint density at radius 3 is 2.49 bits per heavy atom. The lowest BCUT2D eigenvalue weighted by atomic mass is 9.79. The van der Waals surface area contributed by atoms with Crippen molar-refractivity contribution >= 4 is 35.2 Å². The highest BCUT2D eigenvalue weighted by Crippen LogP contribution is 2.40. The van der Waals surface area contributed by atoms with Crippen LogP contribution in [0.1, 0.15) is 52.6 Å². The monoisotopic (exact) mass is 512 g/mol. The molecule has 0 saturated carbocycles. The van der Waals surface area contributed by atoms with E-state index in [0.29, 0.717) is 41.2 Å². The molecule has 2 saturated heterocycles. The van der Waals surface area contributed by atoms with Gasteiger partial charge in [0, 0.05) is 61.6 Å². The molecule has 0 bridgehead atoms. The van der Waals surface area contributed by atoms with Crippen LogP contribution in [0.15, 0.2) is 23.8 Å². The number of hydrogen-bond donors (Lipinski definition) is 0. The third kappa shape index (κ3) is 4.29. The van der Waals surface area contributed by atoms with Crippen molar-refractivity contribution < 1.29 is 9.53 Å². The molecule has 3 heterocycles. The maximum atomic E-state index is 13.4. The topological polar surface area (TPSA) is 61.5 Å². The van der Waals surface area contributed by atoms with Crippen LogP contribution < -0.4 is 0 Å². The number of piperazine rings is 1. The van der Waals surface area contributed by atoms with Gasteiger partial charge in [-0.05, 0) is 47.2 Å². The minimum absolute atomic E-state index is 0.0485. The number of halogens is 2. The number of amides is 1. The molecule has 0 spiro atoms. The van der Waals surface area contributed by atoms with Crippen molar-refractivity contribution in [2.24, 2.45) is 13.0 Å². The lowest BCUT2D eigenvalue weighted by Crippen LogP contribution is -2.57. The van der Waals surface area contributed by atoms with Crippen molar-refractivity contribution in [2.75, 3.05) is 39.4 Å². The van der Waals surface area contributed by atoms with Crippen molar-refractivity contribution in [1.29, 1.82) is 5.26 Å². The number of nitriles is 1. The fourth-order valence-corrected chi connectivity index (χ4v) is 5.95. The highest BCUT2D eigenvalue weighted by molar-refractivity contribution is 6.38. The molecular formula is C27H30Cl2N4O2. The summed E-state index contributed by atoms with van der Waals surface area (Å²) in [7, 11) is 2.01. The summed E-state index contributed by atoms with van der Waals surface area (Å²) in [6.07, 6.45) is 2.50. The average molecular weight is 513 g/mol. The standard InChI is InChI=1S/C27H30Cl2N4O2/c1-16-17(2)22-11-19(31(3)25(22)10-18(16)13-30)12-23-24(28)5-4-21(26(23)29)27(34)33-8-6-32(7-9-33)20-14-35-15-20/h4-5,10-11,16-17,20H,6-9,12,14-15H2,1-3H3. The summed E-state index contributed by atoms with van der Waals surface area (Å²) in [5, 5.41) is 10.5. The zero-order valence-electron chi connectivity index (χ0n) is 20.4. The molecular weight excluding hydrogens is 483 g/mol. The quantitative estimate of drug-likeness (QED) is 0.593. The van der Waals surface area contributed by atoms with Gasteiger partial charge in [-0.1, -0.05) is 37.0 Å². The van der Waals surface area contributed by atoms with Gasteiger partial charge in [0.1, 0.15) is 0 Å². The van der Waals surface area contributed by atoms with Gasteiger partial charge in [-0.25, -0.2) is 0 Å². The number of rotatable bonds is 4. The van der Waals surface area contributed by atoms with Crippen molar-refractivity contribution in [2.45, 2.75) is 32.2 Å². The Labute approximate surface area is 216 Å². The molecule has 1 aromatic heterocycles. The predicted molar refractivity (Wildman–Crippen MR) is 138 cm³/mol. The number of carbonyl (C=O) groups excluding carboxylic acids is 1. The summed E-state index contributed by atoms with van der Waals surface area (Å²) in [6, 6.07) is 8.54. The van der Waals surface area contributed by atoms with E-state index in [2.05, 4.69) is 35.5 Å². The third-order valence-electron chi connectivity index (χ3n) is 8.08. The zero-order valence-corrected chi connectivity index (χ0v) is 21.9. The maximum absolute atomic E-state index is 13.4. The average Bonchev–Trinajstić information content (AvgIpc) is 3.13. The highest BCUT2D eigenvalue weighted by atomic mass is 35.5. The van der Waals surface area contributed by atoms with Crippen LogP contribution in [-0.4, -0.2) is 65.7 Å². The number of aromatic nitrogens is 1. The maximum Gasteiger partial charge on any atom is 0.255 e. The third-order valence-corrected chi connectivity index (χ3v) is 8.86. The molecule has 8 heteroatoms. The van der Waals surface area contributed by atoms with Crippen LogP contribution in [0.4, 0.5) is 0 Å². The second-order valence-corrected chi connectivity index (χ2v) is 10.7. The molecule has 184 valence electrons. The molecule has 1 amide bonds. The van der Waals surface area contributed by atoms with Crippen molar-refractivity contribution in [1.82, 2.24) is 14.4 Å².